The molecule has 0 fully saturated rings. The highest BCUT2D eigenvalue weighted by molar-refractivity contribution is 5.86. The average Bonchev–Trinajstić information content (AvgIpc) is 2.99. The van der Waals surface area contributed by atoms with E-state index >= 15 is 0 Å². The molecular formula is C13H11N3O4. The number of nitrogens with zero attached hydrogens (tertiary/aromatic N) is 3. The van der Waals surface area contributed by atoms with Crippen LogP contribution in [0.2, 0.25) is 0 Å². The number of carboxylic acids is 1. The number of fused-ring (bicyclic) bond motifs is 1. The number of aromatic carboxylic acids is 1. The molecule has 3 aromatic heterocycles. The molecule has 7 nitrogen and oxygen atoms in total. The molecule has 0 unspecified atom stereocenters. The van der Waals surface area contributed by atoms with Crippen molar-refractivity contribution >= 4 is 11.5 Å². The fourth-order valence-corrected chi connectivity index (χ4v) is 2.09. The highest BCUT2D eigenvalue weighted by Gasteiger charge is 2.15. The van der Waals surface area contributed by atoms with Gasteiger partial charge in [-0.1, -0.05) is 0 Å². The third-order valence-corrected chi connectivity index (χ3v) is 3.03. The first-order valence-electron chi connectivity index (χ1n) is 5.91. The van der Waals surface area contributed by atoms with E-state index in [4.69, 9.17) is 9.52 Å². The Kier molecular flexibility index (Phi) is 2.67. The smallest absolute Gasteiger partial charge is 0.372 e. The van der Waals surface area contributed by atoms with Crippen molar-refractivity contribution in [1.82, 2.24) is 14.2 Å². The molecule has 3 aromatic rings. The molecule has 0 spiro atoms. The summed E-state index contributed by atoms with van der Waals surface area (Å²) in [5, 5.41) is 12.9. The van der Waals surface area contributed by atoms with Gasteiger partial charge in [0, 0.05) is 18.0 Å². The Morgan fingerprint density at radius 3 is 2.95 bits per heavy atom. The van der Waals surface area contributed by atoms with E-state index in [1.165, 1.54) is 9.08 Å². The van der Waals surface area contributed by atoms with Gasteiger partial charge in [-0.15, -0.1) is 0 Å². The maximum Gasteiger partial charge on any atom is 0.372 e. The van der Waals surface area contributed by atoms with Crippen LogP contribution in [-0.4, -0.2) is 25.3 Å². The molecule has 0 aliphatic rings. The van der Waals surface area contributed by atoms with E-state index in [1.54, 1.807) is 37.6 Å². The van der Waals surface area contributed by atoms with E-state index in [9.17, 15) is 9.59 Å². The Morgan fingerprint density at radius 2 is 2.25 bits per heavy atom. The van der Waals surface area contributed by atoms with Crippen molar-refractivity contribution in [3.63, 3.8) is 0 Å². The third-order valence-electron chi connectivity index (χ3n) is 3.03. The second-order valence-corrected chi connectivity index (χ2v) is 4.42. The van der Waals surface area contributed by atoms with Crippen LogP contribution in [0.5, 0.6) is 0 Å². The van der Waals surface area contributed by atoms with Crippen molar-refractivity contribution < 1.29 is 14.3 Å². The lowest BCUT2D eigenvalue weighted by molar-refractivity contribution is 0.0659. The van der Waals surface area contributed by atoms with Gasteiger partial charge in [-0.3, -0.25) is 4.79 Å². The van der Waals surface area contributed by atoms with Crippen LogP contribution >= 0.6 is 0 Å². The summed E-state index contributed by atoms with van der Waals surface area (Å²) in [4.78, 5) is 23.1. The number of aryl methyl sites for hydroxylation is 1. The molecule has 20 heavy (non-hydrogen) atoms. The Labute approximate surface area is 112 Å². The lowest BCUT2D eigenvalue weighted by Crippen LogP contribution is -2.21. The predicted molar refractivity (Wildman–Crippen MR) is 69.0 cm³/mol. The Morgan fingerprint density at radius 1 is 1.45 bits per heavy atom. The maximum atomic E-state index is 12.2. The van der Waals surface area contributed by atoms with E-state index in [2.05, 4.69) is 5.10 Å². The van der Waals surface area contributed by atoms with Crippen LogP contribution in [-0.2, 0) is 6.54 Å². The molecule has 0 aromatic carbocycles. The number of rotatable bonds is 3. The van der Waals surface area contributed by atoms with E-state index < -0.39 is 5.97 Å². The monoisotopic (exact) mass is 273 g/mol. The summed E-state index contributed by atoms with van der Waals surface area (Å²) >= 11 is 0. The minimum Gasteiger partial charge on any atom is -0.475 e. The van der Waals surface area contributed by atoms with Crippen molar-refractivity contribution in [1.29, 1.82) is 0 Å². The van der Waals surface area contributed by atoms with Gasteiger partial charge in [0.1, 0.15) is 11.3 Å². The lowest BCUT2D eigenvalue weighted by Gasteiger charge is -2.03. The Bertz CT molecular complexity index is 856. The zero-order chi connectivity index (χ0) is 14.3. The van der Waals surface area contributed by atoms with Crippen LogP contribution in [0.15, 0.2) is 39.9 Å². The quantitative estimate of drug-likeness (QED) is 0.773. The van der Waals surface area contributed by atoms with Gasteiger partial charge in [0.2, 0.25) is 5.76 Å². The highest BCUT2D eigenvalue weighted by Crippen LogP contribution is 2.15. The molecule has 0 aliphatic carbocycles. The first-order valence-corrected chi connectivity index (χ1v) is 5.91. The summed E-state index contributed by atoms with van der Waals surface area (Å²) in [7, 11) is 0. The van der Waals surface area contributed by atoms with Crippen LogP contribution in [0, 0.1) is 6.92 Å². The molecule has 7 heteroatoms. The molecule has 1 N–H and O–H groups in total. The normalized spacial score (nSPS) is 11.1. The molecule has 0 radical (unpaired) electrons. The number of carboxylic acid groups (broad SMARTS) is 1. The lowest BCUT2D eigenvalue weighted by atomic mass is 10.2. The second kappa shape index (κ2) is 4.37. The van der Waals surface area contributed by atoms with E-state index in [0.717, 1.165) is 0 Å². The molecule has 0 saturated heterocycles. The SMILES string of the molecule is Cc1cc(Cn2ccn3nccc3c2=O)oc1C(=O)O. The van der Waals surface area contributed by atoms with Gasteiger partial charge in [0.25, 0.3) is 5.56 Å². The molecule has 0 aliphatic heterocycles. The molecule has 102 valence electrons. The standard InChI is InChI=1S/C13H11N3O4/c1-8-6-9(20-11(8)13(18)19)7-15-4-5-16-10(12(15)17)2-3-14-16/h2-6H,7H2,1H3,(H,18,19). The van der Waals surface area contributed by atoms with Crippen LogP contribution in [0.3, 0.4) is 0 Å². The summed E-state index contributed by atoms with van der Waals surface area (Å²) in [6, 6.07) is 3.24. The summed E-state index contributed by atoms with van der Waals surface area (Å²) in [5.74, 6) is -0.795. The minimum atomic E-state index is -1.12. The fourth-order valence-electron chi connectivity index (χ4n) is 2.09. The van der Waals surface area contributed by atoms with Crippen molar-refractivity contribution in [2.75, 3.05) is 0 Å². The Hall–Kier alpha value is -2.83. The van der Waals surface area contributed by atoms with Crippen molar-refractivity contribution in [3.05, 3.63) is 58.2 Å². The van der Waals surface area contributed by atoms with Gasteiger partial charge in [0.15, 0.2) is 0 Å². The number of carbonyl (C=O) groups is 1. The van der Waals surface area contributed by atoms with E-state index in [-0.39, 0.29) is 17.9 Å². The van der Waals surface area contributed by atoms with Gasteiger partial charge in [-0.05, 0) is 19.1 Å². The van der Waals surface area contributed by atoms with Gasteiger partial charge in [-0.2, -0.15) is 5.10 Å². The van der Waals surface area contributed by atoms with Crippen LogP contribution < -0.4 is 5.56 Å². The summed E-state index contributed by atoms with van der Waals surface area (Å²) in [6.45, 7) is 1.83. The topological polar surface area (TPSA) is 89.7 Å². The predicted octanol–water partition coefficient (Wildman–Crippen LogP) is 1.14. The van der Waals surface area contributed by atoms with Crippen molar-refractivity contribution in [2.24, 2.45) is 0 Å². The fraction of sp³-hybridized carbons (Fsp3) is 0.154. The zero-order valence-corrected chi connectivity index (χ0v) is 10.6. The first-order chi connectivity index (χ1) is 9.56. The van der Waals surface area contributed by atoms with Gasteiger partial charge in [0.05, 0.1) is 12.7 Å². The zero-order valence-electron chi connectivity index (χ0n) is 10.6. The van der Waals surface area contributed by atoms with Gasteiger partial charge in [-0.25, -0.2) is 9.31 Å². The molecule has 0 bridgehead atoms. The molecular weight excluding hydrogens is 262 g/mol. The molecule has 0 atom stereocenters. The van der Waals surface area contributed by atoms with Crippen LogP contribution in [0.4, 0.5) is 0 Å². The van der Waals surface area contributed by atoms with E-state index in [0.29, 0.717) is 16.8 Å². The molecule has 0 amide bonds. The second-order valence-electron chi connectivity index (χ2n) is 4.42. The molecule has 3 heterocycles. The summed E-state index contributed by atoms with van der Waals surface area (Å²) in [5.41, 5.74) is 0.774. The first kappa shape index (κ1) is 12.2. The summed E-state index contributed by atoms with van der Waals surface area (Å²) in [6.07, 6.45) is 4.78. The summed E-state index contributed by atoms with van der Waals surface area (Å²) < 4.78 is 8.17. The molecule has 0 saturated carbocycles. The number of hydrogen-bond donors (Lipinski definition) is 1. The van der Waals surface area contributed by atoms with Gasteiger partial charge < -0.3 is 14.1 Å². The Balaban J connectivity index is 2.01. The number of furan rings is 1. The minimum absolute atomic E-state index is 0.0986. The van der Waals surface area contributed by atoms with E-state index in [1.807, 2.05) is 0 Å². The maximum absolute atomic E-state index is 12.2. The van der Waals surface area contributed by atoms with Crippen LogP contribution in [0.1, 0.15) is 21.9 Å². The van der Waals surface area contributed by atoms with Crippen molar-refractivity contribution in [3.8, 4) is 0 Å². The highest BCUT2D eigenvalue weighted by atomic mass is 16.4. The number of hydrogen-bond acceptors (Lipinski definition) is 4. The van der Waals surface area contributed by atoms with Crippen LogP contribution in [0.25, 0.3) is 5.52 Å². The third kappa shape index (κ3) is 1.89. The van der Waals surface area contributed by atoms with Crippen molar-refractivity contribution in [2.45, 2.75) is 13.5 Å². The average molecular weight is 273 g/mol. The molecule has 3 rings (SSSR count). The van der Waals surface area contributed by atoms with Gasteiger partial charge >= 0.3 is 5.97 Å². The number of aromatic nitrogens is 3. The largest absolute Gasteiger partial charge is 0.475 e.